The minimum Gasteiger partial charge on any atom is -0.507 e. The molecule has 8 heteroatoms. The van der Waals surface area contributed by atoms with E-state index in [0.29, 0.717) is 6.42 Å². The minimum atomic E-state index is -3.12. The lowest BCUT2D eigenvalue weighted by Gasteiger charge is -2.33. The Morgan fingerprint density at radius 2 is 1.81 bits per heavy atom. The molecular weight excluding hydrogens is 358 g/mol. The van der Waals surface area contributed by atoms with Crippen molar-refractivity contribution in [3.05, 3.63) is 29.8 Å². The van der Waals surface area contributed by atoms with Gasteiger partial charge in [-0.25, -0.2) is 13.2 Å². The molecule has 1 amide bonds. The van der Waals surface area contributed by atoms with E-state index < -0.39 is 22.4 Å². The monoisotopic (exact) mass is 381 g/mol. The Morgan fingerprint density at radius 3 is 2.42 bits per heavy atom. The van der Waals surface area contributed by atoms with Crippen LogP contribution in [0.3, 0.4) is 0 Å². The number of aromatic hydroxyl groups is 1. The van der Waals surface area contributed by atoms with Crippen molar-refractivity contribution in [2.75, 3.05) is 18.1 Å². The molecule has 1 aromatic rings. The number of nitrogens with zero attached hydrogens (tertiary/aromatic N) is 1. The maximum atomic E-state index is 12.7. The second-order valence-corrected chi connectivity index (χ2v) is 9.12. The predicted octanol–water partition coefficient (Wildman–Crippen LogP) is 1.51. The van der Waals surface area contributed by atoms with E-state index in [1.54, 1.807) is 17.0 Å². The quantitative estimate of drug-likeness (QED) is 0.776. The molecule has 26 heavy (non-hydrogen) atoms. The van der Waals surface area contributed by atoms with E-state index in [9.17, 15) is 23.1 Å². The number of hydrogen-bond donors (Lipinski definition) is 1. The normalized spacial score (nSPS) is 22.2. The Bertz CT molecular complexity index is 785. The Balaban J connectivity index is 1.68. The third-order valence-electron chi connectivity index (χ3n) is 5.06. The van der Waals surface area contributed by atoms with Crippen LogP contribution in [0.5, 0.6) is 5.75 Å². The molecule has 1 heterocycles. The number of ether oxygens (including phenoxy) is 1. The van der Waals surface area contributed by atoms with Crippen molar-refractivity contribution in [1.29, 1.82) is 0 Å². The SMILES string of the molecule is O=C(OCC(=O)N(C1CCCC1)[C@H]1CCS(=O)(=O)C1)c1ccccc1O. The van der Waals surface area contributed by atoms with Crippen LogP contribution < -0.4 is 0 Å². The summed E-state index contributed by atoms with van der Waals surface area (Å²) in [4.78, 5) is 26.5. The van der Waals surface area contributed by atoms with Gasteiger partial charge in [-0.1, -0.05) is 25.0 Å². The molecule has 2 aliphatic rings. The number of phenolic OH excluding ortho intramolecular Hbond substituents is 1. The highest BCUT2D eigenvalue weighted by Gasteiger charge is 2.39. The number of carbonyl (C=O) groups is 2. The van der Waals surface area contributed by atoms with E-state index in [0.717, 1.165) is 25.7 Å². The van der Waals surface area contributed by atoms with Gasteiger partial charge in [-0.2, -0.15) is 0 Å². The second kappa shape index (κ2) is 7.65. The van der Waals surface area contributed by atoms with Crippen molar-refractivity contribution in [2.45, 2.75) is 44.2 Å². The summed E-state index contributed by atoms with van der Waals surface area (Å²) in [6, 6.07) is 5.61. The fourth-order valence-corrected chi connectivity index (χ4v) is 5.52. The van der Waals surface area contributed by atoms with Crippen LogP contribution in [0.15, 0.2) is 24.3 Å². The Hall–Kier alpha value is -2.09. The molecule has 0 spiro atoms. The molecule has 1 aliphatic heterocycles. The fraction of sp³-hybridized carbons (Fsp3) is 0.556. The zero-order valence-corrected chi connectivity index (χ0v) is 15.3. The maximum absolute atomic E-state index is 12.7. The highest BCUT2D eigenvalue weighted by molar-refractivity contribution is 7.91. The van der Waals surface area contributed by atoms with E-state index in [-0.39, 0.29) is 40.8 Å². The number of sulfone groups is 1. The van der Waals surface area contributed by atoms with Gasteiger partial charge < -0.3 is 14.7 Å². The standard InChI is InChI=1S/C18H23NO6S/c20-16-8-4-3-7-15(16)18(22)25-11-17(21)19(13-5-1-2-6-13)14-9-10-26(23,24)12-14/h3-4,7-8,13-14,20H,1-2,5-6,9-12H2/t14-/m0/s1. The molecule has 2 fully saturated rings. The largest absolute Gasteiger partial charge is 0.507 e. The van der Waals surface area contributed by atoms with Gasteiger partial charge in [-0.3, -0.25) is 4.79 Å². The van der Waals surface area contributed by atoms with Crippen molar-refractivity contribution in [1.82, 2.24) is 4.90 Å². The number of phenols is 1. The summed E-state index contributed by atoms with van der Waals surface area (Å²) in [6.07, 6.45) is 4.13. The number of para-hydroxylation sites is 1. The number of amides is 1. The van der Waals surface area contributed by atoms with Gasteiger partial charge in [0.1, 0.15) is 11.3 Å². The lowest BCUT2D eigenvalue weighted by atomic mass is 10.1. The van der Waals surface area contributed by atoms with Crippen molar-refractivity contribution in [3.8, 4) is 5.75 Å². The summed E-state index contributed by atoms with van der Waals surface area (Å²) in [5, 5.41) is 9.70. The molecular formula is C18H23NO6S. The van der Waals surface area contributed by atoms with Gasteiger partial charge in [0.15, 0.2) is 16.4 Å². The van der Waals surface area contributed by atoms with E-state index >= 15 is 0 Å². The van der Waals surface area contributed by atoms with Gasteiger partial charge in [-0.05, 0) is 31.4 Å². The summed E-state index contributed by atoms with van der Waals surface area (Å²) < 4.78 is 28.7. The van der Waals surface area contributed by atoms with E-state index in [1.165, 1.54) is 12.1 Å². The number of esters is 1. The predicted molar refractivity (Wildman–Crippen MR) is 94.6 cm³/mol. The lowest BCUT2D eigenvalue weighted by Crippen LogP contribution is -2.48. The first kappa shape index (κ1) is 18.7. The van der Waals surface area contributed by atoms with Gasteiger partial charge in [0.2, 0.25) is 0 Å². The molecule has 0 aromatic heterocycles. The molecule has 1 saturated heterocycles. The first-order chi connectivity index (χ1) is 12.4. The van der Waals surface area contributed by atoms with Gasteiger partial charge in [0.05, 0.1) is 11.5 Å². The van der Waals surface area contributed by atoms with Crippen LogP contribution in [-0.4, -0.2) is 60.5 Å². The third-order valence-corrected chi connectivity index (χ3v) is 6.81. The zero-order valence-electron chi connectivity index (χ0n) is 14.5. The second-order valence-electron chi connectivity index (χ2n) is 6.89. The van der Waals surface area contributed by atoms with Crippen LogP contribution >= 0.6 is 0 Å². The molecule has 1 saturated carbocycles. The molecule has 1 N–H and O–H groups in total. The van der Waals surface area contributed by atoms with Gasteiger partial charge in [0.25, 0.3) is 5.91 Å². The fourth-order valence-electron chi connectivity index (χ4n) is 3.81. The summed E-state index contributed by atoms with van der Waals surface area (Å²) in [6.45, 7) is -0.458. The molecule has 1 aromatic carbocycles. The van der Waals surface area contributed by atoms with Crippen LogP contribution in [-0.2, 0) is 19.4 Å². The Labute approximate surface area is 152 Å². The number of hydrogen-bond acceptors (Lipinski definition) is 6. The van der Waals surface area contributed by atoms with Crippen LogP contribution in [0.1, 0.15) is 42.5 Å². The van der Waals surface area contributed by atoms with Gasteiger partial charge in [0, 0.05) is 12.1 Å². The molecule has 0 unspecified atom stereocenters. The van der Waals surface area contributed by atoms with Crippen molar-refractivity contribution in [2.24, 2.45) is 0 Å². The number of benzene rings is 1. The summed E-state index contributed by atoms with van der Waals surface area (Å²) in [7, 11) is -3.12. The van der Waals surface area contributed by atoms with Crippen LogP contribution in [0.4, 0.5) is 0 Å². The van der Waals surface area contributed by atoms with E-state index in [4.69, 9.17) is 4.74 Å². The topological polar surface area (TPSA) is 101 Å². The highest BCUT2D eigenvalue weighted by Crippen LogP contribution is 2.29. The summed E-state index contributed by atoms with van der Waals surface area (Å²) >= 11 is 0. The van der Waals surface area contributed by atoms with E-state index in [2.05, 4.69) is 0 Å². The first-order valence-corrected chi connectivity index (χ1v) is 10.7. The van der Waals surface area contributed by atoms with E-state index in [1.807, 2.05) is 0 Å². The highest BCUT2D eigenvalue weighted by atomic mass is 32.2. The number of rotatable bonds is 5. The Kier molecular flexibility index (Phi) is 5.50. The van der Waals surface area contributed by atoms with Crippen molar-refractivity contribution >= 4 is 21.7 Å². The molecule has 7 nitrogen and oxygen atoms in total. The molecule has 0 bridgehead atoms. The van der Waals surface area contributed by atoms with Gasteiger partial charge in [-0.15, -0.1) is 0 Å². The van der Waals surface area contributed by atoms with Crippen molar-refractivity contribution in [3.63, 3.8) is 0 Å². The van der Waals surface area contributed by atoms with Crippen LogP contribution in [0.2, 0.25) is 0 Å². The van der Waals surface area contributed by atoms with Crippen molar-refractivity contribution < 1.29 is 27.9 Å². The molecule has 1 aliphatic carbocycles. The summed E-state index contributed by atoms with van der Waals surface area (Å²) in [5.41, 5.74) is -0.00356. The van der Waals surface area contributed by atoms with Gasteiger partial charge >= 0.3 is 5.97 Å². The third kappa shape index (κ3) is 4.17. The first-order valence-electron chi connectivity index (χ1n) is 8.84. The number of carbonyl (C=O) groups excluding carboxylic acids is 2. The van der Waals surface area contributed by atoms with Crippen LogP contribution in [0.25, 0.3) is 0 Å². The molecule has 3 rings (SSSR count). The Morgan fingerprint density at radius 1 is 1.12 bits per heavy atom. The maximum Gasteiger partial charge on any atom is 0.342 e. The molecule has 142 valence electrons. The molecule has 1 atom stereocenters. The zero-order chi connectivity index (χ0) is 18.7. The average molecular weight is 381 g/mol. The smallest absolute Gasteiger partial charge is 0.342 e. The minimum absolute atomic E-state index is 0.00356. The molecule has 0 radical (unpaired) electrons. The van der Waals surface area contributed by atoms with Crippen LogP contribution in [0, 0.1) is 0 Å². The summed E-state index contributed by atoms with van der Waals surface area (Å²) in [5.74, 6) is -1.29. The lowest BCUT2D eigenvalue weighted by molar-refractivity contribution is -0.139. The average Bonchev–Trinajstić information content (AvgIpc) is 3.23.